The Morgan fingerprint density at radius 1 is 1.14 bits per heavy atom. The van der Waals surface area contributed by atoms with Crippen molar-refractivity contribution >= 4 is 5.91 Å². The van der Waals surface area contributed by atoms with Gasteiger partial charge in [0.15, 0.2) is 0 Å². The number of likely N-dealkylation sites (tertiary alicyclic amines) is 2. The van der Waals surface area contributed by atoms with E-state index in [4.69, 9.17) is 0 Å². The van der Waals surface area contributed by atoms with E-state index in [1.807, 2.05) is 0 Å². The quantitative estimate of drug-likeness (QED) is 0.800. The number of hydrogen-bond donors (Lipinski definition) is 0. The highest BCUT2D eigenvalue weighted by Crippen LogP contribution is 2.33. The number of hydrogen-bond acceptors (Lipinski definition) is 2. The molecule has 3 nitrogen and oxygen atoms in total. The van der Waals surface area contributed by atoms with Crippen LogP contribution in [0.3, 0.4) is 0 Å². The monoisotopic (exact) mass is 306 g/mol. The lowest BCUT2D eigenvalue weighted by Gasteiger charge is -2.38. The zero-order chi connectivity index (χ0) is 15.5. The van der Waals surface area contributed by atoms with Gasteiger partial charge in [-0.1, -0.05) is 13.3 Å². The number of carbonyl (C=O) groups excluding carboxylic acids is 1. The normalized spacial score (nSPS) is 28.7. The van der Waals surface area contributed by atoms with Crippen molar-refractivity contribution in [3.05, 3.63) is 0 Å². The molecule has 0 saturated carbocycles. The topological polar surface area (TPSA) is 23.6 Å². The largest absolute Gasteiger partial charge is 0.393 e. The molecule has 2 atom stereocenters. The molecule has 0 aromatic heterocycles. The molecule has 0 aromatic rings. The maximum Gasteiger partial charge on any atom is 0.393 e. The fourth-order valence-electron chi connectivity index (χ4n) is 3.48. The second kappa shape index (κ2) is 6.99. The molecule has 0 N–H and O–H groups in total. The number of piperidine rings is 2. The van der Waals surface area contributed by atoms with Crippen LogP contribution < -0.4 is 0 Å². The lowest BCUT2D eigenvalue weighted by atomic mass is 9.97. The van der Waals surface area contributed by atoms with Gasteiger partial charge in [-0.2, -0.15) is 13.2 Å². The van der Waals surface area contributed by atoms with Crippen molar-refractivity contribution in [2.24, 2.45) is 5.92 Å². The highest BCUT2D eigenvalue weighted by atomic mass is 19.4. The minimum Gasteiger partial charge on any atom is -0.341 e. The van der Waals surface area contributed by atoms with Crippen molar-refractivity contribution in [2.45, 2.75) is 57.7 Å². The number of alkyl halides is 3. The van der Waals surface area contributed by atoms with Crippen LogP contribution in [0.15, 0.2) is 0 Å². The van der Waals surface area contributed by atoms with Gasteiger partial charge in [-0.3, -0.25) is 9.69 Å². The van der Waals surface area contributed by atoms with Crippen LogP contribution in [-0.2, 0) is 4.79 Å². The Balaban J connectivity index is 1.90. The van der Waals surface area contributed by atoms with E-state index >= 15 is 0 Å². The number of rotatable bonds is 3. The van der Waals surface area contributed by atoms with Gasteiger partial charge < -0.3 is 4.90 Å². The highest BCUT2D eigenvalue weighted by Gasteiger charge is 2.42. The summed E-state index contributed by atoms with van der Waals surface area (Å²) in [4.78, 5) is 15.9. The third-order valence-electron chi connectivity index (χ3n) is 4.80. The van der Waals surface area contributed by atoms with Crippen molar-refractivity contribution in [3.8, 4) is 0 Å². The fourth-order valence-corrected chi connectivity index (χ4v) is 3.48. The molecule has 2 saturated heterocycles. The van der Waals surface area contributed by atoms with Gasteiger partial charge in [0, 0.05) is 19.1 Å². The summed E-state index contributed by atoms with van der Waals surface area (Å²) < 4.78 is 38.4. The average Bonchev–Trinajstić information content (AvgIpc) is 2.47. The van der Waals surface area contributed by atoms with Gasteiger partial charge in [-0.15, -0.1) is 0 Å². The van der Waals surface area contributed by atoms with Crippen LogP contribution >= 0.6 is 0 Å². The van der Waals surface area contributed by atoms with E-state index < -0.39 is 12.1 Å². The predicted octanol–water partition coefficient (Wildman–Crippen LogP) is 3.05. The van der Waals surface area contributed by atoms with Gasteiger partial charge in [0.2, 0.25) is 5.91 Å². The Morgan fingerprint density at radius 3 is 2.57 bits per heavy atom. The van der Waals surface area contributed by atoms with E-state index in [9.17, 15) is 18.0 Å². The second-order valence-corrected chi connectivity index (χ2v) is 6.25. The molecule has 2 aliphatic heterocycles. The summed E-state index contributed by atoms with van der Waals surface area (Å²) in [7, 11) is 0. The van der Waals surface area contributed by atoms with Crippen LogP contribution in [0.4, 0.5) is 13.2 Å². The molecule has 2 fully saturated rings. The van der Waals surface area contributed by atoms with Gasteiger partial charge in [-0.05, 0) is 38.6 Å². The summed E-state index contributed by atoms with van der Waals surface area (Å²) in [5.41, 5.74) is 0. The maximum atomic E-state index is 12.8. The third-order valence-corrected chi connectivity index (χ3v) is 4.80. The van der Waals surface area contributed by atoms with E-state index in [1.165, 1.54) is 11.3 Å². The Hall–Kier alpha value is -0.780. The standard InChI is InChI=1S/C15H25F3N2O/c1-2-13-7-3-4-8-19(13)11-14(21)20-9-5-6-12(10-20)15(16,17)18/h12-13H,2-11H2,1H3. The van der Waals surface area contributed by atoms with Crippen molar-refractivity contribution < 1.29 is 18.0 Å². The molecule has 0 bridgehead atoms. The predicted molar refractivity (Wildman–Crippen MR) is 74.9 cm³/mol. The Labute approximate surface area is 124 Å². The number of nitrogens with zero attached hydrogens (tertiary/aromatic N) is 2. The minimum atomic E-state index is -4.18. The first-order chi connectivity index (χ1) is 9.91. The van der Waals surface area contributed by atoms with Crippen LogP contribution in [0.2, 0.25) is 0 Å². The first-order valence-electron chi connectivity index (χ1n) is 8.00. The van der Waals surface area contributed by atoms with Gasteiger partial charge >= 0.3 is 6.18 Å². The second-order valence-electron chi connectivity index (χ2n) is 6.25. The molecule has 1 amide bonds. The van der Waals surface area contributed by atoms with Gasteiger partial charge in [-0.25, -0.2) is 0 Å². The van der Waals surface area contributed by atoms with Crippen molar-refractivity contribution in [1.82, 2.24) is 9.80 Å². The first kappa shape index (κ1) is 16.6. The lowest BCUT2D eigenvalue weighted by Crippen LogP contribution is -2.50. The van der Waals surface area contributed by atoms with Crippen LogP contribution in [0, 0.1) is 5.92 Å². The van der Waals surface area contributed by atoms with Crippen LogP contribution in [0.5, 0.6) is 0 Å². The van der Waals surface area contributed by atoms with E-state index in [0.29, 0.717) is 19.0 Å². The Bertz CT molecular complexity index is 359. The van der Waals surface area contributed by atoms with Crippen molar-refractivity contribution in [1.29, 1.82) is 0 Å². The van der Waals surface area contributed by atoms with E-state index in [2.05, 4.69) is 11.8 Å². The molecule has 2 rings (SSSR count). The van der Waals surface area contributed by atoms with Crippen LogP contribution in [-0.4, -0.2) is 54.1 Å². The highest BCUT2D eigenvalue weighted by molar-refractivity contribution is 5.78. The SMILES string of the molecule is CCC1CCCCN1CC(=O)N1CCCC(C(F)(F)F)C1. The molecule has 122 valence electrons. The van der Waals surface area contributed by atoms with E-state index in [-0.39, 0.29) is 25.4 Å². The van der Waals surface area contributed by atoms with Crippen LogP contribution in [0.1, 0.15) is 45.4 Å². The third kappa shape index (κ3) is 4.34. The number of amides is 1. The molecular weight excluding hydrogens is 281 g/mol. The van der Waals surface area contributed by atoms with Crippen molar-refractivity contribution in [3.63, 3.8) is 0 Å². The van der Waals surface area contributed by atoms with Crippen molar-refractivity contribution in [2.75, 3.05) is 26.2 Å². The number of halogens is 3. The minimum absolute atomic E-state index is 0.135. The Kier molecular flexibility index (Phi) is 5.52. The van der Waals surface area contributed by atoms with Gasteiger partial charge in [0.1, 0.15) is 0 Å². The zero-order valence-corrected chi connectivity index (χ0v) is 12.7. The molecule has 2 aliphatic rings. The number of carbonyl (C=O) groups is 1. The lowest BCUT2D eigenvalue weighted by molar-refractivity contribution is -0.188. The van der Waals surface area contributed by atoms with E-state index in [0.717, 1.165) is 25.8 Å². The summed E-state index contributed by atoms with van der Waals surface area (Å²) in [5, 5.41) is 0. The summed E-state index contributed by atoms with van der Waals surface area (Å²) >= 11 is 0. The Morgan fingerprint density at radius 2 is 1.90 bits per heavy atom. The smallest absolute Gasteiger partial charge is 0.341 e. The fraction of sp³-hybridized carbons (Fsp3) is 0.933. The molecule has 21 heavy (non-hydrogen) atoms. The molecule has 2 heterocycles. The van der Waals surface area contributed by atoms with E-state index in [1.54, 1.807) is 0 Å². The molecule has 0 aromatic carbocycles. The van der Waals surface area contributed by atoms with Gasteiger partial charge in [0.25, 0.3) is 0 Å². The summed E-state index contributed by atoms with van der Waals surface area (Å²) in [6.45, 7) is 3.58. The summed E-state index contributed by atoms with van der Waals surface area (Å²) in [5.74, 6) is -1.48. The molecular formula is C15H25F3N2O. The molecule has 2 unspecified atom stereocenters. The first-order valence-corrected chi connectivity index (χ1v) is 8.00. The molecule has 0 spiro atoms. The molecule has 0 aliphatic carbocycles. The van der Waals surface area contributed by atoms with Gasteiger partial charge in [0.05, 0.1) is 12.5 Å². The average molecular weight is 306 g/mol. The zero-order valence-electron chi connectivity index (χ0n) is 12.7. The summed E-state index contributed by atoms with van der Waals surface area (Å²) in [6.07, 6.45) is 0.767. The summed E-state index contributed by atoms with van der Waals surface area (Å²) in [6, 6.07) is 0.408. The van der Waals surface area contributed by atoms with Crippen LogP contribution in [0.25, 0.3) is 0 Å². The molecule has 6 heteroatoms. The molecule has 0 radical (unpaired) electrons. The maximum absolute atomic E-state index is 12.8.